The second-order valence-electron chi connectivity index (χ2n) is 16.9. The molecule has 14 nitrogen and oxygen atoms in total. The van der Waals surface area contributed by atoms with Crippen LogP contribution in [-0.2, 0) is 23.7 Å². The lowest BCUT2D eigenvalue weighted by atomic mass is 9.97. The molecule has 12 unspecified atom stereocenters. The first-order valence-electron chi connectivity index (χ1n) is 23.6. The third-order valence-electron chi connectivity index (χ3n) is 11.6. The predicted molar refractivity (Wildman–Crippen MR) is 231 cm³/mol. The zero-order valence-corrected chi connectivity index (χ0v) is 36.9. The molecule has 0 saturated carbocycles. The maximum Gasteiger partial charge on any atom is 0.220 e. The van der Waals surface area contributed by atoms with E-state index in [1.165, 1.54) is 103 Å². The number of carbonyl (C=O) groups is 1. The van der Waals surface area contributed by atoms with Crippen molar-refractivity contribution in [3.63, 3.8) is 0 Å². The van der Waals surface area contributed by atoms with Crippen molar-refractivity contribution < 1.29 is 64.6 Å². The van der Waals surface area contributed by atoms with Crippen LogP contribution in [0.1, 0.15) is 168 Å². The topological polar surface area (TPSA) is 228 Å². The summed E-state index contributed by atoms with van der Waals surface area (Å²) in [5.74, 6) is -0.251. The fourth-order valence-electron chi connectivity index (χ4n) is 7.72. The van der Waals surface area contributed by atoms with Gasteiger partial charge in [0.15, 0.2) is 12.6 Å². The molecule has 0 radical (unpaired) electrons. The number of carbonyl (C=O) groups excluding carboxylic acids is 1. The number of hydrogen-bond acceptors (Lipinski definition) is 13. The highest BCUT2D eigenvalue weighted by Gasteiger charge is 2.50. The Labute approximate surface area is 360 Å². The van der Waals surface area contributed by atoms with E-state index in [1.807, 2.05) is 6.08 Å². The third kappa shape index (κ3) is 21.7. The molecule has 12 atom stereocenters. The predicted octanol–water partition coefficient (Wildman–Crippen LogP) is 4.99. The molecule has 60 heavy (non-hydrogen) atoms. The Morgan fingerprint density at radius 2 is 1.07 bits per heavy atom. The van der Waals surface area contributed by atoms with E-state index < -0.39 is 86.8 Å². The molecule has 2 heterocycles. The average Bonchev–Trinajstić information content (AvgIpc) is 3.24. The fourth-order valence-corrected chi connectivity index (χ4v) is 7.72. The Morgan fingerprint density at radius 1 is 0.583 bits per heavy atom. The van der Waals surface area contributed by atoms with Gasteiger partial charge in [-0.05, 0) is 32.1 Å². The van der Waals surface area contributed by atoms with Crippen molar-refractivity contribution in [2.24, 2.45) is 0 Å². The van der Waals surface area contributed by atoms with Gasteiger partial charge in [-0.15, -0.1) is 0 Å². The Bertz CT molecular complexity index is 1110. The van der Waals surface area contributed by atoms with Gasteiger partial charge in [0, 0.05) is 6.42 Å². The van der Waals surface area contributed by atoms with E-state index in [4.69, 9.17) is 18.9 Å². The molecule has 2 aliphatic rings. The van der Waals surface area contributed by atoms with Crippen molar-refractivity contribution in [1.82, 2.24) is 5.32 Å². The van der Waals surface area contributed by atoms with Gasteiger partial charge in [0.1, 0.15) is 48.8 Å². The minimum absolute atomic E-state index is 0.251. The van der Waals surface area contributed by atoms with E-state index in [2.05, 4.69) is 31.3 Å². The average molecular weight is 860 g/mol. The summed E-state index contributed by atoms with van der Waals surface area (Å²) >= 11 is 0. The minimum Gasteiger partial charge on any atom is -0.394 e. The van der Waals surface area contributed by atoms with Crippen LogP contribution >= 0.6 is 0 Å². The van der Waals surface area contributed by atoms with Crippen LogP contribution in [0.2, 0.25) is 0 Å². The Balaban J connectivity index is 1.90. The smallest absolute Gasteiger partial charge is 0.220 e. The molecule has 0 bridgehead atoms. The van der Waals surface area contributed by atoms with E-state index in [1.54, 1.807) is 6.08 Å². The van der Waals surface area contributed by atoms with Crippen molar-refractivity contribution in [2.45, 2.75) is 242 Å². The molecule has 0 aromatic rings. The highest BCUT2D eigenvalue weighted by Crippen LogP contribution is 2.30. The van der Waals surface area contributed by atoms with Gasteiger partial charge in [-0.3, -0.25) is 4.79 Å². The van der Waals surface area contributed by atoms with Gasteiger partial charge in [0.2, 0.25) is 5.91 Å². The molecule has 2 saturated heterocycles. The summed E-state index contributed by atoms with van der Waals surface area (Å²) in [6.07, 6.45) is 18.0. The van der Waals surface area contributed by atoms with Crippen molar-refractivity contribution in [1.29, 1.82) is 0 Å². The quantitative estimate of drug-likeness (QED) is 0.0303. The van der Waals surface area contributed by atoms with E-state index in [0.29, 0.717) is 12.8 Å². The molecular formula is C46H85NO13. The first-order chi connectivity index (χ1) is 29.1. The van der Waals surface area contributed by atoms with Crippen LogP contribution in [0.3, 0.4) is 0 Å². The largest absolute Gasteiger partial charge is 0.394 e. The third-order valence-corrected chi connectivity index (χ3v) is 11.6. The molecule has 9 N–H and O–H groups in total. The van der Waals surface area contributed by atoms with Crippen LogP contribution in [0.4, 0.5) is 0 Å². The van der Waals surface area contributed by atoms with Gasteiger partial charge in [-0.2, -0.15) is 0 Å². The first kappa shape index (κ1) is 54.6. The molecule has 2 rings (SSSR count). The lowest BCUT2D eigenvalue weighted by Gasteiger charge is -2.46. The lowest BCUT2D eigenvalue weighted by Crippen LogP contribution is -2.65. The summed E-state index contributed by atoms with van der Waals surface area (Å²) in [6.45, 7) is 2.73. The number of aliphatic hydroxyl groups excluding tert-OH is 8. The van der Waals surface area contributed by atoms with Gasteiger partial charge in [-0.1, -0.05) is 154 Å². The van der Waals surface area contributed by atoms with Gasteiger partial charge in [0.05, 0.1) is 32.0 Å². The standard InChI is InChI=1S/C46H85NO13/c1-3-5-7-9-11-13-15-17-18-20-22-24-26-28-30-38(51)47-34(35(50)29-27-25-23-21-19-16-14-12-10-8-6-4-2)33-57-45-43(56)41(54)44(37(32-49)59-45)60-46-42(55)40(53)39(52)36(31-48)58-46/h19,21,27,29,34-37,39-46,48-50,52-56H,3-18,20,22-26,28,30-33H2,1-2H3,(H,47,51)/b21-19+,29-27+. The second-order valence-corrected chi connectivity index (χ2v) is 16.9. The zero-order chi connectivity index (χ0) is 44.0. The summed E-state index contributed by atoms with van der Waals surface area (Å²) < 4.78 is 22.6. The molecule has 2 aliphatic heterocycles. The van der Waals surface area contributed by atoms with Crippen LogP contribution in [-0.4, -0.2) is 140 Å². The normalized spacial score (nSPS) is 28.4. The highest BCUT2D eigenvalue weighted by molar-refractivity contribution is 5.76. The number of allylic oxidation sites excluding steroid dienone is 3. The summed E-state index contributed by atoms with van der Waals surface area (Å²) in [7, 11) is 0. The van der Waals surface area contributed by atoms with Crippen molar-refractivity contribution in [2.75, 3.05) is 19.8 Å². The Hall–Kier alpha value is -1.53. The van der Waals surface area contributed by atoms with Gasteiger partial charge in [-0.25, -0.2) is 0 Å². The maximum absolute atomic E-state index is 13.1. The van der Waals surface area contributed by atoms with Crippen LogP contribution in [0.5, 0.6) is 0 Å². The molecule has 14 heteroatoms. The number of hydrogen-bond donors (Lipinski definition) is 9. The fraction of sp³-hybridized carbons (Fsp3) is 0.891. The van der Waals surface area contributed by atoms with Gasteiger partial charge in [0.25, 0.3) is 0 Å². The molecule has 0 aromatic carbocycles. The Morgan fingerprint density at radius 3 is 1.63 bits per heavy atom. The van der Waals surface area contributed by atoms with Gasteiger partial charge < -0.3 is 65.1 Å². The first-order valence-corrected chi connectivity index (χ1v) is 23.6. The number of ether oxygens (including phenoxy) is 4. The van der Waals surface area contributed by atoms with E-state index in [9.17, 15) is 45.6 Å². The van der Waals surface area contributed by atoms with Crippen LogP contribution in [0.15, 0.2) is 24.3 Å². The molecule has 2 fully saturated rings. The maximum atomic E-state index is 13.1. The van der Waals surface area contributed by atoms with E-state index >= 15 is 0 Å². The summed E-state index contributed by atoms with van der Waals surface area (Å²) in [6, 6.07) is -0.924. The molecule has 0 aromatic heterocycles. The van der Waals surface area contributed by atoms with E-state index in [-0.39, 0.29) is 18.9 Å². The molecule has 352 valence electrons. The van der Waals surface area contributed by atoms with E-state index in [0.717, 1.165) is 32.1 Å². The monoisotopic (exact) mass is 860 g/mol. The number of nitrogens with one attached hydrogen (secondary N) is 1. The molecular weight excluding hydrogens is 774 g/mol. The van der Waals surface area contributed by atoms with Crippen molar-refractivity contribution in [3.05, 3.63) is 24.3 Å². The second kappa shape index (κ2) is 34.0. The summed E-state index contributed by atoms with van der Waals surface area (Å²) in [5, 5.41) is 86.4. The van der Waals surface area contributed by atoms with Crippen molar-refractivity contribution in [3.8, 4) is 0 Å². The SMILES string of the molecule is CCCCCCCC/C=C/CC/C=C/C(O)C(COC1OC(CO)C(OC2OC(CO)C(O)C(O)C2O)C(O)C1O)NC(=O)CCCCCCCCCCCCCCCC. The van der Waals surface area contributed by atoms with Crippen LogP contribution in [0.25, 0.3) is 0 Å². The molecule has 0 spiro atoms. The van der Waals surface area contributed by atoms with Crippen LogP contribution in [0, 0.1) is 0 Å². The highest BCUT2D eigenvalue weighted by atomic mass is 16.7. The number of unbranched alkanes of at least 4 members (excludes halogenated alkanes) is 20. The van der Waals surface area contributed by atoms with Crippen LogP contribution < -0.4 is 5.32 Å². The number of rotatable bonds is 35. The number of amides is 1. The zero-order valence-electron chi connectivity index (χ0n) is 36.9. The Kier molecular flexibility index (Phi) is 30.9. The molecule has 1 amide bonds. The van der Waals surface area contributed by atoms with Crippen molar-refractivity contribution >= 4 is 5.91 Å². The lowest BCUT2D eigenvalue weighted by molar-refractivity contribution is -0.359. The summed E-state index contributed by atoms with van der Waals surface area (Å²) in [5.41, 5.74) is 0. The minimum atomic E-state index is -1.79. The van der Waals surface area contributed by atoms with Gasteiger partial charge >= 0.3 is 0 Å². The summed E-state index contributed by atoms with van der Waals surface area (Å²) in [4.78, 5) is 13.1. The molecule has 0 aliphatic carbocycles. The number of aliphatic hydroxyl groups is 8.